The minimum Gasteiger partial charge on any atom is -0.386 e. The highest BCUT2D eigenvalue weighted by atomic mass is 19.1. The summed E-state index contributed by atoms with van der Waals surface area (Å²) < 4.78 is 25.5. The largest absolute Gasteiger partial charge is 0.386 e. The number of ether oxygens (including phenoxy) is 2. The number of fused-ring (bicyclic) bond motifs is 1. The van der Waals surface area contributed by atoms with E-state index in [1.165, 1.54) is 12.1 Å². The fourth-order valence-corrected chi connectivity index (χ4v) is 4.22. The molecule has 6 nitrogen and oxygen atoms in total. The third-order valence-electron chi connectivity index (χ3n) is 5.72. The van der Waals surface area contributed by atoms with Gasteiger partial charge in [0.1, 0.15) is 17.1 Å². The molecule has 1 aromatic carbocycles. The van der Waals surface area contributed by atoms with Gasteiger partial charge in [0, 0.05) is 5.92 Å². The molecule has 28 heavy (non-hydrogen) atoms. The van der Waals surface area contributed by atoms with Crippen molar-refractivity contribution in [2.75, 3.05) is 13.2 Å². The normalized spacial score (nSPS) is 29.5. The minimum atomic E-state index is -1.63. The first kappa shape index (κ1) is 20.3. The first-order valence-corrected chi connectivity index (χ1v) is 9.71. The van der Waals surface area contributed by atoms with Gasteiger partial charge in [-0.3, -0.25) is 0 Å². The Balaban J connectivity index is 2.08. The average Bonchev–Trinajstić information content (AvgIpc) is 3.27. The number of unbranched alkanes of at least 4 members (excludes halogenated alkanes) is 2. The van der Waals surface area contributed by atoms with Crippen molar-refractivity contribution in [2.45, 2.75) is 51.4 Å². The molecule has 148 valence electrons. The molecule has 2 N–H and O–H groups in total. The van der Waals surface area contributed by atoms with Gasteiger partial charge in [-0.2, -0.15) is 10.5 Å². The lowest BCUT2D eigenvalue weighted by Crippen LogP contribution is -2.44. The summed E-state index contributed by atoms with van der Waals surface area (Å²) in [5, 5.41) is 20.3. The summed E-state index contributed by atoms with van der Waals surface area (Å²) in [6.07, 6.45) is 3.32. The highest BCUT2D eigenvalue weighted by molar-refractivity contribution is 6.00. The summed E-state index contributed by atoms with van der Waals surface area (Å²) in [5.74, 6) is -2.58. The zero-order valence-electron chi connectivity index (χ0n) is 16.2. The molecule has 2 aliphatic rings. The molecule has 3 rings (SSSR count). The Kier molecular flexibility index (Phi) is 5.43. The topological polar surface area (TPSA) is 104 Å². The number of halogens is 1. The van der Waals surface area contributed by atoms with Crippen molar-refractivity contribution in [1.29, 1.82) is 10.5 Å². The maximum atomic E-state index is 13.4. The fourth-order valence-electron chi connectivity index (χ4n) is 4.22. The fraction of sp³-hybridized carbons (Fsp3) is 0.571. The Bertz CT molecular complexity index is 831. The van der Waals surface area contributed by atoms with E-state index >= 15 is 0 Å². The van der Waals surface area contributed by atoms with Crippen LogP contribution in [0.3, 0.4) is 0 Å². The molecule has 1 heterocycles. The van der Waals surface area contributed by atoms with Gasteiger partial charge in [-0.1, -0.05) is 38.8 Å². The van der Waals surface area contributed by atoms with Crippen LogP contribution in [0.15, 0.2) is 29.3 Å². The van der Waals surface area contributed by atoms with Crippen molar-refractivity contribution in [3.63, 3.8) is 0 Å². The van der Waals surface area contributed by atoms with Crippen LogP contribution in [0, 0.1) is 39.3 Å². The van der Waals surface area contributed by atoms with E-state index in [-0.39, 0.29) is 5.84 Å². The number of hydrogen-bond acceptors (Lipinski definition) is 6. The van der Waals surface area contributed by atoms with Gasteiger partial charge in [-0.15, -0.1) is 0 Å². The average molecular weight is 384 g/mol. The third kappa shape index (κ3) is 2.54. The minimum absolute atomic E-state index is 0.0406. The van der Waals surface area contributed by atoms with E-state index in [1.54, 1.807) is 12.1 Å². The Labute approximate surface area is 164 Å². The van der Waals surface area contributed by atoms with Crippen LogP contribution in [0.25, 0.3) is 0 Å². The molecule has 1 saturated carbocycles. The van der Waals surface area contributed by atoms with Crippen LogP contribution in [-0.4, -0.2) is 25.0 Å². The first-order valence-electron chi connectivity index (χ1n) is 9.71. The number of amidine groups is 1. The third-order valence-corrected chi connectivity index (χ3v) is 5.72. The van der Waals surface area contributed by atoms with Crippen molar-refractivity contribution in [1.82, 2.24) is 0 Å². The second-order valence-electron chi connectivity index (χ2n) is 7.31. The number of benzene rings is 1. The van der Waals surface area contributed by atoms with Gasteiger partial charge in [-0.05, 0) is 30.5 Å². The molecular formula is C21H25FN4O2. The van der Waals surface area contributed by atoms with Gasteiger partial charge >= 0.3 is 0 Å². The molecular weight excluding hydrogens is 359 g/mol. The van der Waals surface area contributed by atoms with Gasteiger partial charge in [0.2, 0.25) is 0 Å². The molecule has 1 aromatic rings. The van der Waals surface area contributed by atoms with E-state index in [9.17, 15) is 14.9 Å². The summed E-state index contributed by atoms with van der Waals surface area (Å²) in [4.78, 5) is 4.40. The Morgan fingerprint density at radius 1 is 1.07 bits per heavy atom. The molecule has 0 saturated heterocycles. The Hall–Kier alpha value is -2.48. The smallest absolute Gasteiger partial charge is 0.293 e. The second kappa shape index (κ2) is 7.50. The number of hydrogen-bond donors (Lipinski definition) is 1. The zero-order chi connectivity index (χ0) is 20.4. The standard InChI is InChI=1S/C21H25FN4O2/c1-3-5-11-27-21(28-12-6-4-2)20(14-24)17(15-7-9-16(22)10-8-15)19(20,13-23)18(25)26-21/h7-10,17H,3-6,11-12H2,1-2H3,(H2,25,26)/t17-,19+,20-/m1/s1. The Morgan fingerprint density at radius 2 is 1.64 bits per heavy atom. The highest BCUT2D eigenvalue weighted by Crippen LogP contribution is 2.82. The molecule has 0 amide bonds. The molecule has 1 fully saturated rings. The molecule has 0 aromatic heterocycles. The van der Waals surface area contributed by atoms with Gasteiger partial charge in [0.15, 0.2) is 5.41 Å². The first-order chi connectivity index (χ1) is 13.5. The molecule has 0 bridgehead atoms. The lowest BCUT2D eigenvalue weighted by Gasteiger charge is -2.32. The van der Waals surface area contributed by atoms with Crippen molar-refractivity contribution >= 4 is 5.84 Å². The maximum Gasteiger partial charge on any atom is 0.293 e. The lowest BCUT2D eigenvalue weighted by atomic mass is 9.93. The van der Waals surface area contributed by atoms with E-state index < -0.39 is 28.5 Å². The van der Waals surface area contributed by atoms with Gasteiger partial charge < -0.3 is 15.2 Å². The van der Waals surface area contributed by atoms with E-state index in [1.807, 2.05) is 13.8 Å². The number of nitrogens with two attached hydrogens (primary N) is 1. The van der Waals surface area contributed by atoms with Crippen LogP contribution >= 0.6 is 0 Å². The van der Waals surface area contributed by atoms with E-state index in [0.717, 1.165) is 25.7 Å². The van der Waals surface area contributed by atoms with Crippen molar-refractivity contribution in [3.8, 4) is 12.1 Å². The van der Waals surface area contributed by atoms with Crippen LogP contribution in [0.5, 0.6) is 0 Å². The predicted molar refractivity (Wildman–Crippen MR) is 101 cm³/mol. The number of nitrogens with zero attached hydrogens (tertiary/aromatic N) is 3. The molecule has 3 atom stereocenters. The van der Waals surface area contributed by atoms with E-state index in [0.29, 0.717) is 18.8 Å². The predicted octanol–water partition coefficient (Wildman–Crippen LogP) is 3.60. The summed E-state index contributed by atoms with van der Waals surface area (Å²) in [6, 6.07) is 10.3. The lowest BCUT2D eigenvalue weighted by molar-refractivity contribution is -0.260. The van der Waals surface area contributed by atoms with Gasteiger partial charge in [0.05, 0.1) is 25.4 Å². The molecule has 0 spiro atoms. The zero-order valence-corrected chi connectivity index (χ0v) is 16.2. The maximum absolute atomic E-state index is 13.4. The second-order valence-corrected chi connectivity index (χ2v) is 7.31. The van der Waals surface area contributed by atoms with Gasteiger partial charge in [-0.25, -0.2) is 9.38 Å². The summed E-state index contributed by atoms with van der Waals surface area (Å²) in [5.41, 5.74) is 4.10. The molecule has 0 radical (unpaired) electrons. The van der Waals surface area contributed by atoms with Crippen molar-refractivity contribution in [3.05, 3.63) is 35.6 Å². The van der Waals surface area contributed by atoms with Crippen molar-refractivity contribution < 1.29 is 13.9 Å². The SMILES string of the molecule is CCCCOC1(OCCCC)N=C(N)[C@]2(C#N)[C@@H](c3ccc(F)cc3)[C@@]12C#N. The van der Waals surface area contributed by atoms with Crippen LogP contribution < -0.4 is 5.73 Å². The quantitative estimate of drug-likeness (QED) is 0.517. The molecule has 7 heteroatoms. The summed E-state index contributed by atoms with van der Waals surface area (Å²) >= 11 is 0. The molecule has 1 aliphatic carbocycles. The van der Waals surface area contributed by atoms with E-state index in [4.69, 9.17) is 15.2 Å². The summed E-state index contributed by atoms with van der Waals surface area (Å²) in [6.45, 7) is 4.72. The molecule has 0 unspecified atom stereocenters. The monoisotopic (exact) mass is 384 g/mol. The number of aliphatic imine (C=N–C) groups is 1. The van der Waals surface area contributed by atoms with Gasteiger partial charge in [0.25, 0.3) is 5.91 Å². The Morgan fingerprint density at radius 3 is 2.11 bits per heavy atom. The number of rotatable bonds is 9. The van der Waals surface area contributed by atoms with Crippen LogP contribution in [-0.2, 0) is 9.47 Å². The number of nitriles is 2. The van der Waals surface area contributed by atoms with E-state index in [2.05, 4.69) is 17.1 Å². The summed E-state index contributed by atoms with van der Waals surface area (Å²) in [7, 11) is 0. The van der Waals surface area contributed by atoms with Crippen molar-refractivity contribution in [2.24, 2.45) is 21.6 Å². The molecule has 1 aliphatic heterocycles. The van der Waals surface area contributed by atoms with Crippen LogP contribution in [0.2, 0.25) is 0 Å². The highest BCUT2D eigenvalue weighted by Gasteiger charge is 2.93. The van der Waals surface area contributed by atoms with Crippen LogP contribution in [0.1, 0.15) is 51.0 Å². The van der Waals surface area contributed by atoms with Crippen LogP contribution in [0.4, 0.5) is 4.39 Å².